The summed E-state index contributed by atoms with van der Waals surface area (Å²) < 4.78 is 2.05. The smallest absolute Gasteiger partial charge is 0.194 e. The standard InChI is InChI=1S/C13H23ClN4S.HI/c1-5-15-13(16-6-7-19-4)18(3)10-12-8-11(14)9-17(12)2;/h8-9H,5-7,10H2,1-4H3,(H,15,16);1H. The van der Waals surface area contributed by atoms with Gasteiger partial charge in [0.05, 0.1) is 18.1 Å². The van der Waals surface area contributed by atoms with E-state index in [1.807, 2.05) is 42.7 Å². The average molecular weight is 431 g/mol. The van der Waals surface area contributed by atoms with Crippen molar-refractivity contribution in [2.75, 3.05) is 32.1 Å². The number of rotatable bonds is 6. The van der Waals surface area contributed by atoms with Gasteiger partial charge in [-0.25, -0.2) is 0 Å². The molecule has 1 heterocycles. The first kappa shape index (κ1) is 19.9. The third-order valence-corrected chi connectivity index (χ3v) is 3.52. The molecule has 0 fully saturated rings. The maximum absolute atomic E-state index is 6.00. The summed E-state index contributed by atoms with van der Waals surface area (Å²) in [6.07, 6.45) is 4.01. The molecule has 0 unspecified atom stereocenters. The van der Waals surface area contributed by atoms with Crippen LogP contribution in [-0.4, -0.2) is 47.6 Å². The van der Waals surface area contributed by atoms with Crippen molar-refractivity contribution in [2.45, 2.75) is 13.5 Å². The second-order valence-corrected chi connectivity index (χ2v) is 5.77. The van der Waals surface area contributed by atoms with E-state index in [0.717, 1.165) is 36.4 Å². The highest BCUT2D eigenvalue weighted by Crippen LogP contribution is 2.14. The van der Waals surface area contributed by atoms with Crippen molar-refractivity contribution in [1.82, 2.24) is 14.8 Å². The topological polar surface area (TPSA) is 32.6 Å². The Hall–Kier alpha value is -0.0800. The van der Waals surface area contributed by atoms with Crippen LogP contribution in [0.5, 0.6) is 0 Å². The molecule has 1 rings (SSSR count). The average Bonchev–Trinajstić information content (AvgIpc) is 2.67. The summed E-state index contributed by atoms with van der Waals surface area (Å²) in [5.74, 6) is 1.98. The van der Waals surface area contributed by atoms with E-state index in [4.69, 9.17) is 11.6 Å². The fraction of sp³-hybridized carbons (Fsp3) is 0.615. The molecule has 4 nitrogen and oxygen atoms in total. The lowest BCUT2D eigenvalue weighted by Crippen LogP contribution is -2.39. The van der Waals surface area contributed by atoms with Gasteiger partial charge in [0.15, 0.2) is 5.96 Å². The molecular weight excluding hydrogens is 407 g/mol. The van der Waals surface area contributed by atoms with Crippen LogP contribution in [0.15, 0.2) is 17.3 Å². The summed E-state index contributed by atoms with van der Waals surface area (Å²) in [7, 11) is 4.05. The van der Waals surface area contributed by atoms with Crippen molar-refractivity contribution < 1.29 is 0 Å². The van der Waals surface area contributed by atoms with E-state index in [2.05, 4.69) is 28.4 Å². The number of aliphatic imine (C=N–C) groups is 1. The van der Waals surface area contributed by atoms with Crippen LogP contribution in [0.3, 0.4) is 0 Å². The molecule has 0 bridgehead atoms. The highest BCUT2D eigenvalue weighted by atomic mass is 127. The highest BCUT2D eigenvalue weighted by molar-refractivity contribution is 14.0. The molecule has 116 valence electrons. The Morgan fingerprint density at radius 1 is 1.55 bits per heavy atom. The van der Waals surface area contributed by atoms with Gasteiger partial charge in [-0.2, -0.15) is 11.8 Å². The number of nitrogens with one attached hydrogen (secondary N) is 1. The fourth-order valence-corrected chi connectivity index (χ4v) is 2.30. The van der Waals surface area contributed by atoms with Gasteiger partial charge in [0, 0.05) is 38.3 Å². The van der Waals surface area contributed by atoms with Crippen molar-refractivity contribution in [3.05, 3.63) is 23.0 Å². The maximum atomic E-state index is 6.00. The van der Waals surface area contributed by atoms with E-state index in [-0.39, 0.29) is 24.0 Å². The van der Waals surface area contributed by atoms with Crippen LogP contribution < -0.4 is 5.32 Å². The first-order chi connectivity index (χ1) is 9.08. The van der Waals surface area contributed by atoms with Crippen molar-refractivity contribution in [3.63, 3.8) is 0 Å². The lowest BCUT2D eigenvalue weighted by atomic mass is 10.4. The zero-order chi connectivity index (χ0) is 14.3. The van der Waals surface area contributed by atoms with E-state index in [0.29, 0.717) is 0 Å². The lowest BCUT2D eigenvalue weighted by Gasteiger charge is -2.22. The van der Waals surface area contributed by atoms with Gasteiger partial charge in [-0.05, 0) is 19.2 Å². The first-order valence-corrected chi connectivity index (χ1v) is 8.14. The first-order valence-electron chi connectivity index (χ1n) is 6.37. The van der Waals surface area contributed by atoms with Crippen LogP contribution in [-0.2, 0) is 13.6 Å². The number of hydrogen-bond donors (Lipinski definition) is 1. The second-order valence-electron chi connectivity index (χ2n) is 4.35. The van der Waals surface area contributed by atoms with Gasteiger partial charge in [-0.15, -0.1) is 24.0 Å². The zero-order valence-corrected chi connectivity index (χ0v) is 16.4. The van der Waals surface area contributed by atoms with Crippen LogP contribution in [0.25, 0.3) is 0 Å². The summed E-state index contributed by atoms with van der Waals surface area (Å²) >= 11 is 7.81. The molecule has 20 heavy (non-hydrogen) atoms. The second kappa shape index (κ2) is 10.6. The number of aromatic nitrogens is 1. The Bertz CT molecular complexity index is 423. The Kier molecular flexibility index (Phi) is 10.6. The predicted octanol–water partition coefficient (Wildman–Crippen LogP) is 3.06. The normalized spacial score (nSPS) is 11.2. The van der Waals surface area contributed by atoms with E-state index in [1.54, 1.807) is 0 Å². The molecule has 0 saturated heterocycles. The Morgan fingerprint density at radius 3 is 2.75 bits per heavy atom. The van der Waals surface area contributed by atoms with Gasteiger partial charge in [-0.3, -0.25) is 4.99 Å². The van der Waals surface area contributed by atoms with Crippen LogP contribution in [0.4, 0.5) is 0 Å². The Balaban J connectivity index is 0.00000361. The number of nitrogens with zero attached hydrogens (tertiary/aromatic N) is 3. The number of hydrogen-bond acceptors (Lipinski definition) is 2. The van der Waals surface area contributed by atoms with Crippen molar-refractivity contribution >= 4 is 53.3 Å². The number of aryl methyl sites for hydroxylation is 1. The summed E-state index contributed by atoms with van der Waals surface area (Å²) in [5.41, 5.74) is 1.17. The molecule has 0 saturated carbocycles. The van der Waals surface area contributed by atoms with E-state index < -0.39 is 0 Å². The van der Waals surface area contributed by atoms with Gasteiger partial charge in [-0.1, -0.05) is 11.6 Å². The molecular formula is C13H24ClIN4S. The van der Waals surface area contributed by atoms with E-state index >= 15 is 0 Å². The lowest BCUT2D eigenvalue weighted by molar-refractivity contribution is 0.462. The molecule has 1 N–H and O–H groups in total. The number of guanidine groups is 1. The molecule has 0 aliphatic rings. The SMILES string of the molecule is CCNC(=NCCSC)N(C)Cc1cc(Cl)cn1C.I. The van der Waals surface area contributed by atoms with Gasteiger partial charge < -0.3 is 14.8 Å². The van der Waals surface area contributed by atoms with Crippen molar-refractivity contribution in [2.24, 2.45) is 12.0 Å². The fourth-order valence-electron chi connectivity index (χ4n) is 1.75. The van der Waals surface area contributed by atoms with E-state index in [1.165, 1.54) is 5.69 Å². The summed E-state index contributed by atoms with van der Waals surface area (Å²) in [6.45, 7) is 4.57. The minimum Gasteiger partial charge on any atom is -0.357 e. The molecule has 0 atom stereocenters. The number of halogens is 2. The Labute approximate surface area is 148 Å². The van der Waals surface area contributed by atoms with Crippen molar-refractivity contribution in [1.29, 1.82) is 0 Å². The minimum atomic E-state index is 0. The quantitative estimate of drug-likeness (QED) is 0.326. The summed E-state index contributed by atoms with van der Waals surface area (Å²) in [5, 5.41) is 4.09. The molecule has 0 aliphatic carbocycles. The molecule has 0 radical (unpaired) electrons. The highest BCUT2D eigenvalue weighted by Gasteiger charge is 2.09. The van der Waals surface area contributed by atoms with Gasteiger partial charge in [0.1, 0.15) is 0 Å². The van der Waals surface area contributed by atoms with Crippen LogP contribution >= 0.6 is 47.3 Å². The monoisotopic (exact) mass is 430 g/mol. The summed E-state index contributed by atoms with van der Waals surface area (Å²) in [6, 6.07) is 1.99. The third-order valence-electron chi connectivity index (χ3n) is 2.73. The molecule has 7 heteroatoms. The number of thioether (sulfide) groups is 1. The third kappa shape index (κ3) is 6.58. The van der Waals surface area contributed by atoms with Crippen LogP contribution in [0, 0.1) is 0 Å². The zero-order valence-electron chi connectivity index (χ0n) is 12.5. The van der Waals surface area contributed by atoms with Crippen LogP contribution in [0.1, 0.15) is 12.6 Å². The summed E-state index contributed by atoms with van der Waals surface area (Å²) in [4.78, 5) is 6.72. The molecule has 1 aromatic rings. The van der Waals surface area contributed by atoms with Crippen LogP contribution in [0.2, 0.25) is 5.02 Å². The van der Waals surface area contributed by atoms with Gasteiger partial charge >= 0.3 is 0 Å². The van der Waals surface area contributed by atoms with Gasteiger partial charge in [0.25, 0.3) is 0 Å². The minimum absolute atomic E-state index is 0. The predicted molar refractivity (Wildman–Crippen MR) is 102 cm³/mol. The molecule has 0 aliphatic heterocycles. The van der Waals surface area contributed by atoms with E-state index in [9.17, 15) is 0 Å². The van der Waals surface area contributed by atoms with Crippen molar-refractivity contribution in [3.8, 4) is 0 Å². The maximum Gasteiger partial charge on any atom is 0.194 e. The molecule has 0 spiro atoms. The molecule has 0 amide bonds. The largest absolute Gasteiger partial charge is 0.357 e. The Morgan fingerprint density at radius 2 is 2.25 bits per heavy atom. The molecule has 0 aromatic carbocycles. The molecule has 1 aromatic heterocycles. The van der Waals surface area contributed by atoms with Gasteiger partial charge in [0.2, 0.25) is 0 Å².